The number of nitrogens with one attached hydrogen (secondary N) is 1. The van der Waals surface area contributed by atoms with Crippen LogP contribution in [0.15, 0.2) is 35.3 Å². The van der Waals surface area contributed by atoms with E-state index in [0.717, 1.165) is 70.5 Å². The number of ether oxygens (including phenoxy) is 1. The van der Waals surface area contributed by atoms with E-state index in [4.69, 9.17) is 16.3 Å². The molecule has 1 N–H and O–H groups in total. The summed E-state index contributed by atoms with van der Waals surface area (Å²) in [5, 5.41) is 7.76. The highest BCUT2D eigenvalue weighted by Crippen LogP contribution is 2.32. The monoisotopic (exact) mass is 499 g/mol. The molecule has 1 aromatic carbocycles. The number of anilines is 2. The zero-order valence-corrected chi connectivity index (χ0v) is 21.0. The van der Waals surface area contributed by atoms with Crippen LogP contribution < -0.4 is 15.8 Å². The van der Waals surface area contributed by atoms with Gasteiger partial charge in [-0.2, -0.15) is 9.78 Å². The first kappa shape index (κ1) is 24.1. The summed E-state index contributed by atoms with van der Waals surface area (Å²) >= 11 is 6.40. The maximum absolute atomic E-state index is 12.9. The van der Waals surface area contributed by atoms with Gasteiger partial charge >= 0.3 is 0 Å². The van der Waals surface area contributed by atoms with Gasteiger partial charge in [-0.1, -0.05) is 11.6 Å². The molecule has 2 aromatic rings. The van der Waals surface area contributed by atoms with Gasteiger partial charge in [0.15, 0.2) is 0 Å². The summed E-state index contributed by atoms with van der Waals surface area (Å²) in [6, 6.07) is 8.20. The molecule has 0 spiro atoms. The molecule has 0 unspecified atom stereocenters. The summed E-state index contributed by atoms with van der Waals surface area (Å²) in [5.41, 5.74) is 1.96. The van der Waals surface area contributed by atoms with E-state index in [1.807, 2.05) is 29.2 Å². The van der Waals surface area contributed by atoms with E-state index in [0.29, 0.717) is 41.7 Å². The molecule has 1 aromatic heterocycles. The highest BCUT2D eigenvalue weighted by Gasteiger charge is 2.35. The third-order valence-electron chi connectivity index (χ3n) is 7.51. The molecule has 1 atom stereocenters. The standard InChI is InChI=1S/C26H34ClN5O3/c1-30(21-10-12-31(13-11-21)25(33)19-4-5-19)20-6-8-22(9-7-20)32-26(34)24(27)23(16-29-32)28-15-18-3-2-14-35-17-18/h6-9,16,18-19,21,28H,2-5,10-15,17H2,1H3/t18-/m0/s1. The van der Waals surface area contributed by atoms with Crippen molar-refractivity contribution >= 4 is 28.9 Å². The maximum Gasteiger partial charge on any atom is 0.292 e. The molecule has 1 aliphatic carbocycles. The molecule has 3 fully saturated rings. The van der Waals surface area contributed by atoms with Gasteiger partial charge in [0, 0.05) is 50.9 Å². The maximum atomic E-state index is 12.9. The molecule has 188 valence electrons. The van der Waals surface area contributed by atoms with E-state index >= 15 is 0 Å². The van der Waals surface area contributed by atoms with Gasteiger partial charge in [-0.15, -0.1) is 0 Å². The third-order valence-corrected chi connectivity index (χ3v) is 7.87. The molecule has 8 nitrogen and oxygen atoms in total. The van der Waals surface area contributed by atoms with E-state index in [-0.39, 0.29) is 10.6 Å². The number of benzene rings is 1. The molecule has 1 amide bonds. The van der Waals surface area contributed by atoms with Crippen molar-refractivity contribution in [1.82, 2.24) is 14.7 Å². The Kier molecular flexibility index (Phi) is 7.29. The number of likely N-dealkylation sites (tertiary alicyclic amines) is 1. The summed E-state index contributed by atoms with van der Waals surface area (Å²) in [6.45, 7) is 3.92. The summed E-state index contributed by atoms with van der Waals surface area (Å²) < 4.78 is 6.85. The molecule has 0 bridgehead atoms. The zero-order valence-electron chi connectivity index (χ0n) is 20.3. The second-order valence-electron chi connectivity index (χ2n) is 10.0. The first-order valence-corrected chi connectivity index (χ1v) is 13.1. The number of piperidine rings is 1. The van der Waals surface area contributed by atoms with Crippen LogP contribution in [0.2, 0.25) is 5.02 Å². The second-order valence-corrected chi connectivity index (χ2v) is 10.4. The average Bonchev–Trinajstić information content (AvgIpc) is 3.75. The third kappa shape index (κ3) is 5.48. The summed E-state index contributed by atoms with van der Waals surface area (Å²) in [4.78, 5) is 29.5. The fourth-order valence-electron chi connectivity index (χ4n) is 5.06. The Bertz CT molecular complexity index is 1090. The fourth-order valence-corrected chi connectivity index (χ4v) is 5.26. The number of halogens is 1. The van der Waals surface area contributed by atoms with Crippen LogP contribution in [0.3, 0.4) is 0 Å². The number of aromatic nitrogens is 2. The Morgan fingerprint density at radius 1 is 1.17 bits per heavy atom. The van der Waals surface area contributed by atoms with Crippen LogP contribution in [-0.2, 0) is 9.53 Å². The number of carbonyl (C=O) groups is 1. The smallest absolute Gasteiger partial charge is 0.292 e. The van der Waals surface area contributed by atoms with Gasteiger partial charge in [-0.05, 0) is 68.7 Å². The van der Waals surface area contributed by atoms with Crippen LogP contribution >= 0.6 is 11.6 Å². The van der Waals surface area contributed by atoms with Crippen LogP contribution in [0.1, 0.15) is 38.5 Å². The molecule has 3 heterocycles. The number of amides is 1. The highest BCUT2D eigenvalue weighted by molar-refractivity contribution is 6.32. The lowest BCUT2D eigenvalue weighted by Gasteiger charge is -2.38. The quantitative estimate of drug-likeness (QED) is 0.627. The summed E-state index contributed by atoms with van der Waals surface area (Å²) in [5.74, 6) is 1.05. The molecule has 5 rings (SSSR count). The minimum absolute atomic E-state index is 0.144. The van der Waals surface area contributed by atoms with Crippen LogP contribution in [-0.4, -0.2) is 66.5 Å². The largest absolute Gasteiger partial charge is 0.382 e. The lowest BCUT2D eigenvalue weighted by Crippen LogP contribution is -2.46. The number of hydrogen-bond donors (Lipinski definition) is 1. The van der Waals surface area contributed by atoms with Crippen molar-refractivity contribution < 1.29 is 9.53 Å². The zero-order chi connectivity index (χ0) is 24.4. The van der Waals surface area contributed by atoms with Crippen molar-refractivity contribution in [3.05, 3.63) is 45.8 Å². The molecule has 3 aliphatic rings. The Balaban J connectivity index is 1.20. The topological polar surface area (TPSA) is 79.7 Å². The minimum atomic E-state index is -0.342. The van der Waals surface area contributed by atoms with E-state index in [2.05, 4.69) is 22.4 Å². The van der Waals surface area contributed by atoms with Crippen LogP contribution in [0, 0.1) is 11.8 Å². The first-order valence-electron chi connectivity index (χ1n) is 12.7. The Labute approximate surface area is 211 Å². The summed E-state index contributed by atoms with van der Waals surface area (Å²) in [6.07, 6.45) is 7.83. The highest BCUT2D eigenvalue weighted by atomic mass is 35.5. The molecule has 35 heavy (non-hydrogen) atoms. The Morgan fingerprint density at radius 3 is 2.57 bits per heavy atom. The molecular weight excluding hydrogens is 466 g/mol. The van der Waals surface area contributed by atoms with Gasteiger partial charge in [-0.25, -0.2) is 0 Å². The lowest BCUT2D eigenvalue weighted by atomic mass is 10.0. The van der Waals surface area contributed by atoms with Gasteiger partial charge in [0.05, 0.1) is 24.2 Å². The molecule has 2 aliphatic heterocycles. The van der Waals surface area contributed by atoms with E-state index in [9.17, 15) is 9.59 Å². The van der Waals surface area contributed by atoms with Gasteiger partial charge in [0.1, 0.15) is 5.02 Å². The van der Waals surface area contributed by atoms with Gasteiger partial charge < -0.3 is 19.9 Å². The van der Waals surface area contributed by atoms with Crippen molar-refractivity contribution in [2.45, 2.75) is 44.6 Å². The predicted molar refractivity (Wildman–Crippen MR) is 138 cm³/mol. The normalized spacial score (nSPS) is 21.1. The van der Waals surface area contributed by atoms with Gasteiger partial charge in [0.25, 0.3) is 5.56 Å². The van der Waals surface area contributed by atoms with E-state index < -0.39 is 0 Å². The number of hydrogen-bond acceptors (Lipinski definition) is 6. The minimum Gasteiger partial charge on any atom is -0.382 e. The van der Waals surface area contributed by atoms with E-state index in [1.165, 1.54) is 4.68 Å². The van der Waals surface area contributed by atoms with Gasteiger partial charge in [0.2, 0.25) is 5.91 Å². The van der Waals surface area contributed by atoms with Crippen LogP contribution in [0.4, 0.5) is 11.4 Å². The average molecular weight is 500 g/mol. The molecule has 9 heteroatoms. The lowest BCUT2D eigenvalue weighted by molar-refractivity contribution is -0.133. The van der Waals surface area contributed by atoms with Crippen LogP contribution in [0.25, 0.3) is 5.69 Å². The number of carbonyl (C=O) groups excluding carboxylic acids is 1. The fraction of sp³-hybridized carbons (Fsp3) is 0.577. The Hall–Kier alpha value is -2.58. The first-order chi connectivity index (χ1) is 17.0. The molecule has 0 radical (unpaired) electrons. The van der Waals surface area contributed by atoms with Crippen molar-refractivity contribution in [3.8, 4) is 5.69 Å². The van der Waals surface area contributed by atoms with Crippen molar-refractivity contribution in [1.29, 1.82) is 0 Å². The molecular formula is C26H34ClN5O3. The second kappa shape index (κ2) is 10.6. The summed E-state index contributed by atoms with van der Waals surface area (Å²) in [7, 11) is 2.09. The van der Waals surface area contributed by atoms with Crippen molar-refractivity contribution in [3.63, 3.8) is 0 Å². The van der Waals surface area contributed by atoms with Crippen molar-refractivity contribution in [2.24, 2.45) is 11.8 Å². The van der Waals surface area contributed by atoms with Crippen LogP contribution in [0.5, 0.6) is 0 Å². The van der Waals surface area contributed by atoms with Gasteiger partial charge in [-0.3, -0.25) is 9.59 Å². The van der Waals surface area contributed by atoms with Crippen molar-refractivity contribution in [2.75, 3.05) is 50.1 Å². The molecule has 1 saturated carbocycles. The predicted octanol–water partition coefficient (Wildman–Crippen LogP) is 3.56. The SMILES string of the molecule is CN(c1ccc(-n2ncc(NC[C@@H]3CCCOC3)c(Cl)c2=O)cc1)C1CCN(C(=O)C2CC2)CC1. The van der Waals surface area contributed by atoms with E-state index in [1.54, 1.807) is 6.20 Å². The number of nitrogens with zero attached hydrogens (tertiary/aromatic N) is 4. The number of rotatable bonds is 7. The molecule has 2 saturated heterocycles. The Morgan fingerprint density at radius 2 is 1.91 bits per heavy atom.